The van der Waals surface area contributed by atoms with Crippen LogP contribution in [0.25, 0.3) is 0 Å². The van der Waals surface area contributed by atoms with Crippen molar-refractivity contribution in [1.82, 2.24) is 20.4 Å². The van der Waals surface area contributed by atoms with E-state index in [0.717, 1.165) is 30.6 Å². The lowest BCUT2D eigenvalue weighted by Gasteiger charge is -2.32. The molecule has 1 aliphatic rings. The van der Waals surface area contributed by atoms with E-state index in [0.29, 0.717) is 13.1 Å². The highest BCUT2D eigenvalue weighted by molar-refractivity contribution is 5.74. The van der Waals surface area contributed by atoms with Gasteiger partial charge in [0.15, 0.2) is 0 Å². The first-order valence-electron chi connectivity index (χ1n) is 8.47. The van der Waals surface area contributed by atoms with Gasteiger partial charge in [-0.2, -0.15) is 5.10 Å². The second-order valence-corrected chi connectivity index (χ2v) is 6.26. The lowest BCUT2D eigenvalue weighted by Crippen LogP contribution is -2.46. The van der Waals surface area contributed by atoms with Crippen LogP contribution in [-0.4, -0.2) is 47.9 Å². The third-order valence-corrected chi connectivity index (χ3v) is 4.64. The molecule has 2 amide bonds. The number of H-pyrrole nitrogens is 1. The van der Waals surface area contributed by atoms with Crippen molar-refractivity contribution >= 4 is 6.03 Å². The van der Waals surface area contributed by atoms with Gasteiger partial charge in [-0.3, -0.25) is 5.10 Å². The fraction of sp³-hybridized carbons (Fsp3) is 0.444. The topological polar surface area (TPSA) is 70.2 Å². The van der Waals surface area contributed by atoms with Crippen LogP contribution in [0.5, 0.6) is 0 Å². The molecule has 2 N–H and O–H groups in total. The Hall–Kier alpha value is -2.41. The summed E-state index contributed by atoms with van der Waals surface area (Å²) in [5.41, 5.74) is 1.90. The Labute approximate surface area is 146 Å². The summed E-state index contributed by atoms with van der Waals surface area (Å²) in [7, 11) is 1.58. The molecular weight excluding hydrogens is 323 g/mol. The molecule has 3 rings (SSSR count). The molecule has 1 aromatic carbocycles. The summed E-state index contributed by atoms with van der Waals surface area (Å²) in [6.45, 7) is 1.75. The highest BCUT2D eigenvalue weighted by atomic mass is 19.1. The molecule has 25 heavy (non-hydrogen) atoms. The first kappa shape index (κ1) is 17.4. The van der Waals surface area contributed by atoms with Crippen molar-refractivity contribution in [2.45, 2.75) is 24.9 Å². The van der Waals surface area contributed by atoms with Crippen LogP contribution in [0.2, 0.25) is 0 Å². The van der Waals surface area contributed by atoms with Crippen molar-refractivity contribution < 1.29 is 13.9 Å². The lowest BCUT2D eigenvalue weighted by atomic mass is 9.95. The number of hydrogen-bond acceptors (Lipinski definition) is 3. The van der Waals surface area contributed by atoms with E-state index in [4.69, 9.17) is 4.74 Å². The Balaban J connectivity index is 1.55. The maximum absolute atomic E-state index is 13.0. The summed E-state index contributed by atoms with van der Waals surface area (Å²) in [6, 6.07) is 7.98. The van der Waals surface area contributed by atoms with Crippen LogP contribution < -0.4 is 5.32 Å². The van der Waals surface area contributed by atoms with E-state index in [9.17, 15) is 9.18 Å². The van der Waals surface area contributed by atoms with Crippen LogP contribution in [-0.2, 0) is 4.74 Å². The summed E-state index contributed by atoms with van der Waals surface area (Å²) in [5.74, 6) is -0.00174. The molecular formula is C18H23FN4O2. The van der Waals surface area contributed by atoms with Gasteiger partial charge in [-0.1, -0.05) is 12.1 Å². The van der Waals surface area contributed by atoms with Crippen molar-refractivity contribution in [3.05, 3.63) is 53.6 Å². The number of nitrogens with one attached hydrogen (secondary N) is 2. The number of rotatable bonds is 5. The maximum Gasteiger partial charge on any atom is 0.317 e. The molecule has 6 nitrogen and oxygen atoms in total. The summed E-state index contributed by atoms with van der Waals surface area (Å²) < 4.78 is 18.5. The smallest absolute Gasteiger partial charge is 0.317 e. The van der Waals surface area contributed by atoms with Gasteiger partial charge in [-0.15, -0.1) is 0 Å². The van der Waals surface area contributed by atoms with E-state index < -0.39 is 0 Å². The first-order valence-corrected chi connectivity index (χ1v) is 8.47. The molecule has 0 bridgehead atoms. The standard InChI is InChI=1S/C18H23FN4O2/c1-25-17(13-4-6-15(19)7-5-13)11-20-18(24)23-10-2-3-14(12-23)16-8-9-21-22-16/h4-9,14,17H,2-3,10-12H2,1H3,(H,20,24)(H,21,22)/t14-,17+/m0/s1. The Kier molecular flexibility index (Phi) is 5.65. The number of carbonyl (C=O) groups is 1. The average molecular weight is 346 g/mol. The molecule has 7 heteroatoms. The number of hydrogen-bond donors (Lipinski definition) is 2. The molecule has 2 atom stereocenters. The number of methoxy groups -OCH3 is 1. The Morgan fingerprint density at radius 1 is 1.44 bits per heavy atom. The fourth-order valence-electron chi connectivity index (χ4n) is 3.22. The summed E-state index contributed by atoms with van der Waals surface area (Å²) in [4.78, 5) is 14.3. The van der Waals surface area contributed by atoms with Crippen molar-refractivity contribution in [3.63, 3.8) is 0 Å². The quantitative estimate of drug-likeness (QED) is 0.875. The Morgan fingerprint density at radius 3 is 2.92 bits per heavy atom. The van der Waals surface area contributed by atoms with Gasteiger partial charge >= 0.3 is 6.03 Å². The number of amides is 2. The number of carbonyl (C=O) groups excluding carboxylic acids is 1. The first-order chi connectivity index (χ1) is 12.2. The summed E-state index contributed by atoms with van der Waals surface area (Å²) in [5, 5.41) is 9.91. The fourth-order valence-corrected chi connectivity index (χ4v) is 3.22. The van der Waals surface area contributed by atoms with Crippen LogP contribution in [0.15, 0.2) is 36.5 Å². The van der Waals surface area contributed by atoms with E-state index >= 15 is 0 Å². The Morgan fingerprint density at radius 2 is 2.24 bits per heavy atom. The van der Waals surface area contributed by atoms with Crippen molar-refractivity contribution in [1.29, 1.82) is 0 Å². The highest BCUT2D eigenvalue weighted by Crippen LogP contribution is 2.25. The Bertz CT molecular complexity index is 675. The molecule has 0 unspecified atom stereocenters. The normalized spacial score (nSPS) is 18.8. The minimum Gasteiger partial charge on any atom is -0.375 e. The van der Waals surface area contributed by atoms with Crippen LogP contribution in [0.3, 0.4) is 0 Å². The number of aromatic amines is 1. The lowest BCUT2D eigenvalue weighted by molar-refractivity contribution is 0.100. The van der Waals surface area contributed by atoms with Gasteiger partial charge in [-0.05, 0) is 36.6 Å². The number of benzene rings is 1. The van der Waals surface area contributed by atoms with E-state index in [1.54, 1.807) is 25.4 Å². The molecule has 2 heterocycles. The zero-order valence-electron chi connectivity index (χ0n) is 14.2. The molecule has 1 saturated heterocycles. The van der Waals surface area contributed by atoms with Crippen LogP contribution in [0, 0.1) is 5.82 Å². The van der Waals surface area contributed by atoms with Gasteiger partial charge in [-0.25, -0.2) is 9.18 Å². The minimum atomic E-state index is -0.308. The summed E-state index contributed by atoms with van der Waals surface area (Å²) >= 11 is 0. The molecule has 1 fully saturated rings. The predicted octanol–water partition coefficient (Wildman–Crippen LogP) is 2.83. The molecule has 0 radical (unpaired) electrons. The van der Waals surface area contributed by atoms with Gasteiger partial charge in [0.05, 0.1) is 6.10 Å². The maximum atomic E-state index is 13.0. The third-order valence-electron chi connectivity index (χ3n) is 4.64. The van der Waals surface area contributed by atoms with Crippen LogP contribution in [0.1, 0.15) is 36.1 Å². The predicted molar refractivity (Wildman–Crippen MR) is 91.7 cm³/mol. The SMILES string of the molecule is CO[C@H](CNC(=O)N1CCC[C@H](c2ccn[nH]2)C1)c1ccc(F)cc1. The van der Waals surface area contributed by atoms with E-state index in [1.165, 1.54) is 12.1 Å². The van der Waals surface area contributed by atoms with Gasteiger partial charge in [0.2, 0.25) is 0 Å². The number of halogens is 1. The number of ether oxygens (including phenoxy) is 1. The molecule has 134 valence electrons. The molecule has 1 aromatic heterocycles. The van der Waals surface area contributed by atoms with Crippen LogP contribution >= 0.6 is 0 Å². The molecule has 0 saturated carbocycles. The molecule has 1 aliphatic heterocycles. The largest absolute Gasteiger partial charge is 0.375 e. The number of aromatic nitrogens is 2. The number of nitrogens with zero attached hydrogens (tertiary/aromatic N) is 2. The number of piperidine rings is 1. The zero-order chi connectivity index (χ0) is 17.6. The van der Waals surface area contributed by atoms with E-state index in [1.807, 2.05) is 11.0 Å². The van der Waals surface area contributed by atoms with Crippen molar-refractivity contribution in [3.8, 4) is 0 Å². The van der Waals surface area contributed by atoms with Gasteiger partial charge in [0.1, 0.15) is 5.82 Å². The van der Waals surface area contributed by atoms with E-state index in [-0.39, 0.29) is 23.9 Å². The minimum absolute atomic E-state index is 0.103. The number of urea groups is 1. The highest BCUT2D eigenvalue weighted by Gasteiger charge is 2.26. The molecule has 0 aliphatic carbocycles. The average Bonchev–Trinajstić information content (AvgIpc) is 3.18. The molecule has 0 spiro atoms. The second-order valence-electron chi connectivity index (χ2n) is 6.26. The zero-order valence-corrected chi connectivity index (χ0v) is 14.2. The van der Waals surface area contributed by atoms with Gasteiger partial charge < -0.3 is 15.0 Å². The third kappa shape index (κ3) is 4.36. The monoisotopic (exact) mass is 346 g/mol. The number of likely N-dealkylation sites (tertiary alicyclic amines) is 1. The van der Waals surface area contributed by atoms with Gasteiger partial charge in [0.25, 0.3) is 0 Å². The van der Waals surface area contributed by atoms with E-state index in [2.05, 4.69) is 15.5 Å². The molecule has 2 aromatic rings. The van der Waals surface area contributed by atoms with Crippen molar-refractivity contribution in [2.24, 2.45) is 0 Å². The van der Waals surface area contributed by atoms with Gasteiger partial charge in [0, 0.05) is 44.6 Å². The summed E-state index contributed by atoms with van der Waals surface area (Å²) in [6.07, 6.45) is 3.43. The second kappa shape index (κ2) is 8.11. The van der Waals surface area contributed by atoms with Crippen molar-refractivity contribution in [2.75, 3.05) is 26.7 Å². The van der Waals surface area contributed by atoms with Crippen LogP contribution in [0.4, 0.5) is 9.18 Å².